The summed E-state index contributed by atoms with van der Waals surface area (Å²) >= 11 is 0. The second kappa shape index (κ2) is 4.26. The molecule has 7 heteroatoms. The van der Waals surface area contributed by atoms with Crippen LogP contribution in [0.4, 0.5) is 9.57 Å². The van der Waals surface area contributed by atoms with Gasteiger partial charge in [-0.2, -0.15) is 8.42 Å². The molecule has 0 heterocycles. The quantitative estimate of drug-likeness (QED) is 0.797. The van der Waals surface area contributed by atoms with E-state index in [1.807, 2.05) is 0 Å². The molecule has 0 aliphatic carbocycles. The van der Waals surface area contributed by atoms with Gasteiger partial charge in [0.15, 0.2) is 0 Å². The van der Waals surface area contributed by atoms with E-state index >= 15 is 0 Å². The van der Waals surface area contributed by atoms with E-state index in [2.05, 4.69) is 9.50 Å². The van der Waals surface area contributed by atoms with Crippen LogP contribution in [0.25, 0.3) is 0 Å². The van der Waals surface area contributed by atoms with E-state index in [4.69, 9.17) is 0 Å². The highest BCUT2D eigenvalue weighted by atomic mass is 32.3. The van der Waals surface area contributed by atoms with Gasteiger partial charge >= 0.3 is 10.5 Å². The predicted molar refractivity (Wildman–Crippen MR) is 51.4 cm³/mol. The Bertz CT molecular complexity index is 454. The first-order valence-corrected chi connectivity index (χ1v) is 5.19. The zero-order chi connectivity index (χ0) is 11.5. The van der Waals surface area contributed by atoms with Gasteiger partial charge in [0.05, 0.1) is 0 Å². The maximum atomic E-state index is 12.1. The molecule has 1 amide bonds. The molecule has 0 saturated heterocycles. The van der Waals surface area contributed by atoms with E-state index in [-0.39, 0.29) is 11.7 Å². The second-order valence-electron chi connectivity index (χ2n) is 2.68. The zero-order valence-electron chi connectivity index (χ0n) is 7.73. The van der Waals surface area contributed by atoms with E-state index in [0.29, 0.717) is 5.69 Å². The summed E-state index contributed by atoms with van der Waals surface area (Å²) in [5.41, 5.74) is 0.464. The van der Waals surface area contributed by atoms with Crippen molar-refractivity contribution in [3.63, 3.8) is 0 Å². The van der Waals surface area contributed by atoms with Crippen LogP contribution in [0.3, 0.4) is 0 Å². The van der Waals surface area contributed by atoms with Crippen LogP contribution in [0.2, 0.25) is 0 Å². The van der Waals surface area contributed by atoms with Gasteiger partial charge in [-0.15, -0.1) is 0 Å². The molecule has 15 heavy (non-hydrogen) atoms. The van der Waals surface area contributed by atoms with E-state index < -0.39 is 10.5 Å². The molecule has 0 aliphatic heterocycles. The fourth-order valence-electron chi connectivity index (χ4n) is 0.912. The molecule has 0 fully saturated rings. The molecule has 0 bridgehead atoms. The average Bonchev–Trinajstić information content (AvgIpc) is 2.05. The minimum Gasteiger partial charge on any atom is -0.358 e. The number of carbonyl (C=O) groups is 1. The van der Waals surface area contributed by atoms with Crippen LogP contribution in [0, 0.1) is 0 Å². The number of nitrogens with one attached hydrogen (secondary N) is 1. The predicted octanol–water partition coefficient (Wildman–Crippen LogP) is 1.24. The van der Waals surface area contributed by atoms with Gasteiger partial charge in [0, 0.05) is 12.6 Å². The summed E-state index contributed by atoms with van der Waals surface area (Å²) in [5, 5.41) is 2.46. The topological polar surface area (TPSA) is 72.5 Å². The smallest absolute Gasteiger partial charge is 0.358 e. The van der Waals surface area contributed by atoms with Gasteiger partial charge in [-0.05, 0) is 24.3 Å². The van der Waals surface area contributed by atoms with Crippen molar-refractivity contribution >= 4 is 22.1 Å². The molecule has 1 aromatic carbocycles. The molecule has 0 aromatic heterocycles. The van der Waals surface area contributed by atoms with Gasteiger partial charge in [-0.25, -0.2) is 0 Å². The molecule has 0 aliphatic rings. The molecule has 0 atom stereocenters. The number of carbonyl (C=O) groups excluding carboxylic acids is 1. The van der Waals surface area contributed by atoms with Gasteiger partial charge < -0.3 is 9.50 Å². The van der Waals surface area contributed by atoms with Crippen molar-refractivity contribution in [3.8, 4) is 5.75 Å². The van der Waals surface area contributed by atoms with Crippen molar-refractivity contribution in [1.82, 2.24) is 0 Å². The largest absolute Gasteiger partial charge is 0.488 e. The van der Waals surface area contributed by atoms with Crippen LogP contribution < -0.4 is 9.50 Å². The van der Waals surface area contributed by atoms with Gasteiger partial charge in [-0.1, -0.05) is 3.89 Å². The van der Waals surface area contributed by atoms with Crippen molar-refractivity contribution < 1.29 is 21.3 Å². The Kier molecular flexibility index (Phi) is 3.25. The van der Waals surface area contributed by atoms with E-state index in [1.54, 1.807) is 0 Å². The minimum atomic E-state index is -5.00. The number of halogens is 1. The Morgan fingerprint density at radius 2 is 1.87 bits per heavy atom. The van der Waals surface area contributed by atoms with Crippen LogP contribution in [0.5, 0.6) is 5.75 Å². The number of rotatable bonds is 3. The lowest BCUT2D eigenvalue weighted by Gasteiger charge is -2.03. The minimum absolute atomic E-state index is 0.161. The standard InChI is InChI=1S/C8H8FNO4S/c1-6(11)10-7-2-4-8(5-3-7)14-15(9,12)13/h2-5H,1H3,(H,10,11). The summed E-state index contributed by atoms with van der Waals surface area (Å²) in [5.74, 6) is -0.423. The Labute approximate surface area is 86.3 Å². The zero-order valence-corrected chi connectivity index (χ0v) is 8.55. The molecule has 0 saturated carbocycles. The van der Waals surface area contributed by atoms with Crippen LogP contribution in [-0.4, -0.2) is 14.3 Å². The van der Waals surface area contributed by atoms with Crippen molar-refractivity contribution in [2.45, 2.75) is 6.92 Å². The molecule has 1 rings (SSSR count). The van der Waals surface area contributed by atoms with Gasteiger partial charge in [0.25, 0.3) is 0 Å². The van der Waals surface area contributed by atoms with E-state index in [9.17, 15) is 17.1 Å². The summed E-state index contributed by atoms with van der Waals surface area (Å²) in [6, 6.07) is 5.23. The molecule has 1 N–H and O–H groups in total. The highest BCUT2D eigenvalue weighted by molar-refractivity contribution is 7.81. The number of hydrogen-bond donors (Lipinski definition) is 1. The molecule has 0 spiro atoms. The highest BCUT2D eigenvalue weighted by Gasteiger charge is 2.08. The Hall–Kier alpha value is -1.63. The first-order valence-electron chi connectivity index (χ1n) is 3.88. The number of amides is 1. The fourth-order valence-corrected chi connectivity index (χ4v) is 1.25. The summed E-state index contributed by atoms with van der Waals surface area (Å²) in [6.07, 6.45) is 0. The first kappa shape index (κ1) is 11.4. The third-order valence-corrected chi connectivity index (χ3v) is 1.76. The molecule has 5 nitrogen and oxygen atoms in total. The van der Waals surface area contributed by atoms with E-state index in [0.717, 1.165) is 0 Å². The van der Waals surface area contributed by atoms with Crippen LogP contribution >= 0.6 is 0 Å². The molecular formula is C8H8FNO4S. The third-order valence-electron chi connectivity index (χ3n) is 1.37. The molecule has 1 aromatic rings. The third kappa shape index (κ3) is 4.41. The van der Waals surface area contributed by atoms with E-state index in [1.165, 1.54) is 31.2 Å². The maximum absolute atomic E-state index is 12.1. The maximum Gasteiger partial charge on any atom is 0.488 e. The Balaban J connectivity index is 2.77. The average molecular weight is 233 g/mol. The summed E-state index contributed by atoms with van der Waals surface area (Å²) < 4.78 is 36.2. The van der Waals surface area contributed by atoms with Gasteiger partial charge in [0.2, 0.25) is 5.91 Å². The summed E-state index contributed by atoms with van der Waals surface area (Å²) in [6.45, 7) is 1.33. The number of anilines is 1. The van der Waals surface area contributed by atoms with Gasteiger partial charge in [0.1, 0.15) is 5.75 Å². The SMILES string of the molecule is CC(=O)Nc1ccc(OS(=O)(=O)F)cc1. The van der Waals surface area contributed by atoms with Crippen LogP contribution in [0.1, 0.15) is 6.92 Å². The van der Waals surface area contributed by atoms with Crippen molar-refractivity contribution in [2.24, 2.45) is 0 Å². The monoisotopic (exact) mass is 233 g/mol. The fraction of sp³-hybridized carbons (Fsp3) is 0.125. The van der Waals surface area contributed by atoms with Crippen LogP contribution in [-0.2, 0) is 15.3 Å². The summed E-state index contributed by atoms with van der Waals surface area (Å²) in [7, 11) is -5.00. The molecule has 0 radical (unpaired) electrons. The lowest BCUT2D eigenvalue weighted by molar-refractivity contribution is -0.114. The Morgan fingerprint density at radius 3 is 2.27 bits per heavy atom. The highest BCUT2D eigenvalue weighted by Crippen LogP contribution is 2.17. The Morgan fingerprint density at radius 1 is 1.33 bits per heavy atom. The van der Waals surface area contributed by atoms with Gasteiger partial charge in [-0.3, -0.25) is 4.79 Å². The number of benzene rings is 1. The normalized spacial score (nSPS) is 10.8. The molecule has 0 unspecified atom stereocenters. The second-order valence-corrected chi connectivity index (χ2v) is 3.63. The van der Waals surface area contributed by atoms with Crippen molar-refractivity contribution in [3.05, 3.63) is 24.3 Å². The first-order chi connectivity index (χ1) is 6.87. The molecular weight excluding hydrogens is 225 g/mol. The van der Waals surface area contributed by atoms with Crippen LogP contribution in [0.15, 0.2) is 24.3 Å². The molecule has 82 valence electrons. The van der Waals surface area contributed by atoms with Crippen molar-refractivity contribution in [1.29, 1.82) is 0 Å². The lowest BCUT2D eigenvalue weighted by Crippen LogP contribution is -2.06. The lowest BCUT2D eigenvalue weighted by atomic mass is 10.3. The van der Waals surface area contributed by atoms with Crippen molar-refractivity contribution in [2.75, 3.05) is 5.32 Å². The number of hydrogen-bond acceptors (Lipinski definition) is 4. The summed E-state index contributed by atoms with van der Waals surface area (Å²) in [4.78, 5) is 10.6.